The largest absolute Gasteiger partial charge is 0.494 e. The smallest absolute Gasteiger partial charge is 0.343 e. The predicted molar refractivity (Wildman–Crippen MR) is 93.4 cm³/mol. The third kappa shape index (κ3) is 5.70. The van der Waals surface area contributed by atoms with E-state index in [9.17, 15) is 4.79 Å². The molecule has 2 aromatic carbocycles. The van der Waals surface area contributed by atoms with E-state index in [0.717, 1.165) is 17.7 Å². The zero-order valence-electron chi connectivity index (χ0n) is 14.0. The third-order valence-electron chi connectivity index (χ3n) is 3.67. The van der Waals surface area contributed by atoms with Crippen molar-refractivity contribution < 1.29 is 19.4 Å². The highest BCUT2D eigenvalue weighted by Crippen LogP contribution is 2.19. The van der Waals surface area contributed by atoms with Crippen LogP contribution in [0.1, 0.15) is 48.5 Å². The van der Waals surface area contributed by atoms with Crippen LogP contribution in [0.2, 0.25) is 0 Å². The Morgan fingerprint density at radius 3 is 2.21 bits per heavy atom. The van der Waals surface area contributed by atoms with Crippen LogP contribution in [0.3, 0.4) is 0 Å². The van der Waals surface area contributed by atoms with Gasteiger partial charge in [-0.2, -0.15) is 0 Å². The Morgan fingerprint density at radius 1 is 0.917 bits per heavy atom. The fourth-order valence-corrected chi connectivity index (χ4v) is 2.23. The molecule has 2 rings (SSSR count). The zero-order chi connectivity index (χ0) is 17.2. The molecule has 0 fully saturated rings. The Labute approximate surface area is 143 Å². The average molecular weight is 328 g/mol. The van der Waals surface area contributed by atoms with Crippen LogP contribution in [-0.2, 0) is 6.61 Å². The van der Waals surface area contributed by atoms with Crippen molar-refractivity contribution in [3.63, 3.8) is 0 Å². The topological polar surface area (TPSA) is 55.8 Å². The summed E-state index contributed by atoms with van der Waals surface area (Å²) in [5, 5.41) is 9.00. The average Bonchev–Trinajstić information content (AvgIpc) is 2.63. The second-order valence-corrected chi connectivity index (χ2v) is 5.63. The van der Waals surface area contributed by atoms with Gasteiger partial charge in [-0.1, -0.05) is 38.3 Å². The summed E-state index contributed by atoms with van der Waals surface area (Å²) in [6.45, 7) is 2.84. The van der Waals surface area contributed by atoms with E-state index >= 15 is 0 Å². The Kier molecular flexibility index (Phi) is 7.30. The Balaban J connectivity index is 1.83. The molecule has 0 aromatic heterocycles. The van der Waals surface area contributed by atoms with E-state index in [2.05, 4.69) is 6.92 Å². The van der Waals surface area contributed by atoms with Gasteiger partial charge in [-0.3, -0.25) is 0 Å². The highest BCUT2D eigenvalue weighted by molar-refractivity contribution is 5.91. The van der Waals surface area contributed by atoms with E-state index in [0.29, 0.717) is 17.9 Å². The second kappa shape index (κ2) is 9.73. The van der Waals surface area contributed by atoms with E-state index in [1.54, 1.807) is 48.5 Å². The summed E-state index contributed by atoms with van der Waals surface area (Å²) < 4.78 is 11.0. The van der Waals surface area contributed by atoms with Gasteiger partial charge in [-0.15, -0.1) is 0 Å². The molecule has 0 unspecified atom stereocenters. The Hall–Kier alpha value is -2.33. The van der Waals surface area contributed by atoms with E-state index in [1.807, 2.05) is 0 Å². The molecule has 0 radical (unpaired) electrons. The monoisotopic (exact) mass is 328 g/mol. The first-order valence-electron chi connectivity index (χ1n) is 8.37. The number of esters is 1. The molecule has 0 amide bonds. The van der Waals surface area contributed by atoms with Gasteiger partial charge in [-0.05, 0) is 48.4 Å². The molecule has 128 valence electrons. The fourth-order valence-electron chi connectivity index (χ4n) is 2.23. The first kappa shape index (κ1) is 18.0. The van der Waals surface area contributed by atoms with Crippen LogP contribution < -0.4 is 9.47 Å². The lowest BCUT2D eigenvalue weighted by atomic mass is 10.1. The number of hydrogen-bond donors (Lipinski definition) is 1. The van der Waals surface area contributed by atoms with Crippen molar-refractivity contribution in [2.24, 2.45) is 0 Å². The Bertz CT molecular complexity index is 617. The number of unbranched alkanes of at least 4 members (excludes halogenated alkanes) is 3. The lowest BCUT2D eigenvalue weighted by molar-refractivity contribution is 0.0734. The zero-order valence-corrected chi connectivity index (χ0v) is 14.0. The SMILES string of the molecule is CCCCCCOc1ccc(OC(=O)c2ccc(CO)cc2)cc1. The molecule has 0 heterocycles. The van der Waals surface area contributed by atoms with E-state index in [-0.39, 0.29) is 6.61 Å². The molecule has 2 aromatic rings. The number of carbonyl (C=O) groups excluding carboxylic acids is 1. The van der Waals surface area contributed by atoms with E-state index in [1.165, 1.54) is 19.3 Å². The summed E-state index contributed by atoms with van der Waals surface area (Å²) >= 11 is 0. The molecule has 4 nitrogen and oxygen atoms in total. The first-order chi connectivity index (χ1) is 11.7. The van der Waals surface area contributed by atoms with Crippen molar-refractivity contribution in [1.29, 1.82) is 0 Å². The normalized spacial score (nSPS) is 10.4. The summed E-state index contributed by atoms with van der Waals surface area (Å²) in [7, 11) is 0. The van der Waals surface area contributed by atoms with Crippen LogP contribution in [0, 0.1) is 0 Å². The highest BCUT2D eigenvalue weighted by Gasteiger charge is 2.08. The molecule has 0 atom stereocenters. The quantitative estimate of drug-likeness (QED) is 0.422. The number of rotatable bonds is 9. The molecule has 0 aliphatic carbocycles. The van der Waals surface area contributed by atoms with Gasteiger partial charge in [-0.25, -0.2) is 4.79 Å². The molecule has 0 saturated carbocycles. The molecule has 24 heavy (non-hydrogen) atoms. The number of aliphatic hydroxyl groups is 1. The van der Waals surface area contributed by atoms with Gasteiger partial charge < -0.3 is 14.6 Å². The fraction of sp³-hybridized carbons (Fsp3) is 0.350. The van der Waals surface area contributed by atoms with Crippen molar-refractivity contribution in [1.82, 2.24) is 0 Å². The maximum Gasteiger partial charge on any atom is 0.343 e. The van der Waals surface area contributed by atoms with E-state index < -0.39 is 5.97 Å². The summed E-state index contributed by atoms with van der Waals surface area (Å²) in [4.78, 5) is 12.1. The lowest BCUT2D eigenvalue weighted by Gasteiger charge is -2.08. The molecule has 0 bridgehead atoms. The van der Waals surface area contributed by atoms with Gasteiger partial charge in [0.1, 0.15) is 11.5 Å². The van der Waals surface area contributed by atoms with Gasteiger partial charge >= 0.3 is 5.97 Å². The summed E-state index contributed by atoms with van der Waals surface area (Å²) in [6.07, 6.45) is 4.68. The minimum Gasteiger partial charge on any atom is -0.494 e. The van der Waals surface area contributed by atoms with Gasteiger partial charge in [0.2, 0.25) is 0 Å². The van der Waals surface area contributed by atoms with Crippen molar-refractivity contribution in [3.8, 4) is 11.5 Å². The minimum absolute atomic E-state index is 0.0464. The number of hydrogen-bond acceptors (Lipinski definition) is 4. The summed E-state index contributed by atoms with van der Waals surface area (Å²) in [5.41, 5.74) is 1.20. The third-order valence-corrected chi connectivity index (χ3v) is 3.67. The summed E-state index contributed by atoms with van der Waals surface area (Å²) in [6, 6.07) is 13.7. The maximum atomic E-state index is 12.1. The van der Waals surface area contributed by atoms with Crippen LogP contribution >= 0.6 is 0 Å². The van der Waals surface area contributed by atoms with Gasteiger partial charge in [0, 0.05) is 0 Å². The molecule has 0 saturated heterocycles. The van der Waals surface area contributed by atoms with Crippen molar-refractivity contribution in [3.05, 3.63) is 59.7 Å². The Morgan fingerprint density at radius 2 is 1.58 bits per heavy atom. The molecule has 1 N–H and O–H groups in total. The standard InChI is InChI=1S/C20H24O4/c1-2-3-4-5-14-23-18-10-12-19(13-11-18)24-20(22)17-8-6-16(15-21)7-9-17/h6-13,21H,2-5,14-15H2,1H3. The van der Waals surface area contributed by atoms with Crippen molar-refractivity contribution in [2.45, 2.75) is 39.2 Å². The van der Waals surface area contributed by atoms with Crippen LogP contribution in [0.5, 0.6) is 11.5 Å². The lowest BCUT2D eigenvalue weighted by Crippen LogP contribution is -2.08. The molecular weight excluding hydrogens is 304 g/mol. The van der Waals surface area contributed by atoms with Crippen LogP contribution in [0.25, 0.3) is 0 Å². The molecule has 0 aliphatic heterocycles. The molecular formula is C20H24O4. The van der Waals surface area contributed by atoms with Crippen molar-refractivity contribution in [2.75, 3.05) is 6.61 Å². The first-order valence-corrected chi connectivity index (χ1v) is 8.37. The van der Waals surface area contributed by atoms with Gasteiger partial charge in [0.25, 0.3) is 0 Å². The van der Waals surface area contributed by atoms with Crippen molar-refractivity contribution >= 4 is 5.97 Å². The highest BCUT2D eigenvalue weighted by atomic mass is 16.5. The second-order valence-electron chi connectivity index (χ2n) is 5.63. The van der Waals surface area contributed by atoms with Gasteiger partial charge in [0.15, 0.2) is 0 Å². The number of benzene rings is 2. The van der Waals surface area contributed by atoms with Crippen LogP contribution in [0.4, 0.5) is 0 Å². The van der Waals surface area contributed by atoms with Gasteiger partial charge in [0.05, 0.1) is 18.8 Å². The van der Waals surface area contributed by atoms with Crippen LogP contribution in [0.15, 0.2) is 48.5 Å². The molecule has 0 spiro atoms. The summed E-state index contributed by atoms with van der Waals surface area (Å²) in [5.74, 6) is 0.830. The minimum atomic E-state index is -0.423. The maximum absolute atomic E-state index is 12.1. The number of carbonyl (C=O) groups is 1. The number of aliphatic hydroxyl groups excluding tert-OH is 1. The predicted octanol–water partition coefficient (Wildman–Crippen LogP) is 4.36. The van der Waals surface area contributed by atoms with Crippen LogP contribution in [-0.4, -0.2) is 17.7 Å². The molecule has 4 heteroatoms. The molecule has 0 aliphatic rings. The van der Waals surface area contributed by atoms with E-state index in [4.69, 9.17) is 14.6 Å². The number of ether oxygens (including phenoxy) is 2.